The molecule has 2 amide bonds. The summed E-state index contributed by atoms with van der Waals surface area (Å²) in [6.45, 7) is 0.835. The summed E-state index contributed by atoms with van der Waals surface area (Å²) >= 11 is 1.28. The Kier molecular flexibility index (Phi) is 4.92. The summed E-state index contributed by atoms with van der Waals surface area (Å²) in [6.07, 6.45) is 1.93. The van der Waals surface area contributed by atoms with Gasteiger partial charge in [-0.1, -0.05) is 18.2 Å². The number of nitrogens with one attached hydrogen (secondary N) is 2. The summed E-state index contributed by atoms with van der Waals surface area (Å²) in [5, 5.41) is 6.36. The van der Waals surface area contributed by atoms with Crippen LogP contribution in [0.3, 0.4) is 0 Å². The van der Waals surface area contributed by atoms with E-state index in [1.807, 2.05) is 30.3 Å². The molecule has 6 heteroatoms. The normalized spacial score (nSPS) is 13.4. The molecule has 0 unspecified atom stereocenters. The van der Waals surface area contributed by atoms with E-state index in [2.05, 4.69) is 10.6 Å². The molecule has 0 radical (unpaired) electrons. The van der Waals surface area contributed by atoms with Gasteiger partial charge in [0.15, 0.2) is 0 Å². The Balaban J connectivity index is 1.41. The molecule has 1 aromatic carbocycles. The van der Waals surface area contributed by atoms with Crippen LogP contribution in [0.2, 0.25) is 0 Å². The zero-order valence-corrected chi connectivity index (χ0v) is 13.4. The molecule has 2 N–H and O–H groups in total. The van der Waals surface area contributed by atoms with Crippen molar-refractivity contribution in [1.29, 1.82) is 0 Å². The number of amides is 2. The average molecular weight is 330 g/mol. The third kappa shape index (κ3) is 4.56. The molecule has 1 fully saturated rings. The van der Waals surface area contributed by atoms with E-state index in [0.29, 0.717) is 23.0 Å². The molecular weight excluding hydrogens is 312 g/mol. The van der Waals surface area contributed by atoms with E-state index in [0.717, 1.165) is 18.6 Å². The van der Waals surface area contributed by atoms with Crippen LogP contribution in [0.25, 0.3) is 0 Å². The number of anilines is 1. The SMILES string of the molecule is O=C(NCCOc1ccccc1)c1ccc(NC(=O)C2CC2)s1. The van der Waals surface area contributed by atoms with Crippen LogP contribution in [0.1, 0.15) is 22.5 Å². The van der Waals surface area contributed by atoms with E-state index < -0.39 is 0 Å². The van der Waals surface area contributed by atoms with Crippen molar-refractivity contribution in [2.45, 2.75) is 12.8 Å². The number of benzene rings is 1. The average Bonchev–Trinajstić information content (AvgIpc) is 3.32. The van der Waals surface area contributed by atoms with Crippen molar-refractivity contribution in [2.75, 3.05) is 18.5 Å². The number of carbonyl (C=O) groups is 2. The molecule has 0 spiro atoms. The Bertz CT molecular complexity index is 680. The number of hydrogen-bond donors (Lipinski definition) is 2. The third-order valence-electron chi connectivity index (χ3n) is 3.42. The van der Waals surface area contributed by atoms with Gasteiger partial charge >= 0.3 is 0 Å². The number of hydrogen-bond acceptors (Lipinski definition) is 4. The first-order valence-electron chi connectivity index (χ1n) is 7.59. The fraction of sp³-hybridized carbons (Fsp3) is 0.294. The van der Waals surface area contributed by atoms with Crippen molar-refractivity contribution < 1.29 is 14.3 Å². The fourth-order valence-corrected chi connectivity index (χ4v) is 2.86. The largest absolute Gasteiger partial charge is 0.492 e. The highest BCUT2D eigenvalue weighted by molar-refractivity contribution is 7.18. The Labute approximate surface area is 138 Å². The van der Waals surface area contributed by atoms with E-state index in [-0.39, 0.29) is 17.7 Å². The minimum atomic E-state index is -0.154. The summed E-state index contributed by atoms with van der Waals surface area (Å²) < 4.78 is 5.52. The summed E-state index contributed by atoms with van der Waals surface area (Å²) in [4.78, 5) is 24.3. The predicted molar refractivity (Wildman–Crippen MR) is 89.9 cm³/mol. The lowest BCUT2D eigenvalue weighted by Gasteiger charge is -2.06. The summed E-state index contributed by atoms with van der Waals surface area (Å²) in [5.74, 6) is 0.834. The van der Waals surface area contributed by atoms with Crippen molar-refractivity contribution in [3.05, 3.63) is 47.3 Å². The minimum absolute atomic E-state index is 0.0510. The van der Waals surface area contributed by atoms with Crippen LogP contribution in [0.15, 0.2) is 42.5 Å². The summed E-state index contributed by atoms with van der Waals surface area (Å²) in [5.41, 5.74) is 0. The van der Waals surface area contributed by atoms with Crippen molar-refractivity contribution in [2.24, 2.45) is 5.92 Å². The Hall–Kier alpha value is -2.34. The first kappa shape index (κ1) is 15.6. The second kappa shape index (κ2) is 7.28. The lowest BCUT2D eigenvalue weighted by molar-refractivity contribution is -0.117. The highest BCUT2D eigenvalue weighted by Crippen LogP contribution is 2.31. The molecule has 1 saturated carbocycles. The van der Waals surface area contributed by atoms with Gasteiger partial charge < -0.3 is 15.4 Å². The van der Waals surface area contributed by atoms with Gasteiger partial charge in [0.25, 0.3) is 5.91 Å². The molecule has 3 rings (SSSR count). The second-order valence-electron chi connectivity index (χ2n) is 5.34. The quantitative estimate of drug-likeness (QED) is 0.767. The Morgan fingerprint density at radius 2 is 1.91 bits per heavy atom. The van der Waals surface area contributed by atoms with Gasteiger partial charge in [-0.25, -0.2) is 0 Å². The second-order valence-corrected chi connectivity index (χ2v) is 6.43. The molecule has 0 bridgehead atoms. The Morgan fingerprint density at radius 3 is 2.65 bits per heavy atom. The van der Waals surface area contributed by atoms with Crippen LogP contribution in [0.4, 0.5) is 5.00 Å². The van der Waals surface area contributed by atoms with Crippen LogP contribution < -0.4 is 15.4 Å². The monoisotopic (exact) mass is 330 g/mol. The number of thiophene rings is 1. The maximum atomic E-state index is 12.0. The predicted octanol–water partition coefficient (Wildman–Crippen LogP) is 2.91. The molecule has 1 heterocycles. The van der Waals surface area contributed by atoms with Crippen molar-refractivity contribution in [3.8, 4) is 5.75 Å². The standard InChI is InChI=1S/C17H18N2O3S/c20-16(12-6-7-12)19-15-9-8-14(23-15)17(21)18-10-11-22-13-4-2-1-3-5-13/h1-5,8-9,12H,6-7,10-11H2,(H,18,21)(H,19,20). The molecular formula is C17H18N2O3S. The van der Waals surface area contributed by atoms with Gasteiger partial charge in [-0.05, 0) is 37.1 Å². The molecule has 23 heavy (non-hydrogen) atoms. The van der Waals surface area contributed by atoms with E-state index in [1.54, 1.807) is 12.1 Å². The van der Waals surface area contributed by atoms with Crippen LogP contribution in [-0.4, -0.2) is 25.0 Å². The highest BCUT2D eigenvalue weighted by atomic mass is 32.1. The summed E-state index contributed by atoms with van der Waals surface area (Å²) in [6, 6.07) is 13.0. The topological polar surface area (TPSA) is 67.4 Å². The first-order chi connectivity index (χ1) is 11.2. The van der Waals surface area contributed by atoms with Crippen LogP contribution in [-0.2, 0) is 4.79 Å². The van der Waals surface area contributed by atoms with Crippen molar-refractivity contribution >= 4 is 28.2 Å². The molecule has 1 aliphatic carbocycles. The number of para-hydroxylation sites is 1. The smallest absolute Gasteiger partial charge is 0.261 e. The zero-order valence-electron chi connectivity index (χ0n) is 12.6. The molecule has 0 saturated heterocycles. The van der Waals surface area contributed by atoms with Crippen LogP contribution in [0.5, 0.6) is 5.75 Å². The van der Waals surface area contributed by atoms with Gasteiger partial charge in [0.2, 0.25) is 5.91 Å². The van der Waals surface area contributed by atoms with Gasteiger partial charge in [0, 0.05) is 5.92 Å². The van der Waals surface area contributed by atoms with Gasteiger partial charge in [-0.3, -0.25) is 9.59 Å². The zero-order chi connectivity index (χ0) is 16.1. The molecule has 120 valence electrons. The van der Waals surface area contributed by atoms with E-state index >= 15 is 0 Å². The van der Waals surface area contributed by atoms with Crippen molar-refractivity contribution in [3.63, 3.8) is 0 Å². The van der Waals surface area contributed by atoms with Crippen LogP contribution >= 0.6 is 11.3 Å². The van der Waals surface area contributed by atoms with Gasteiger partial charge in [0.1, 0.15) is 12.4 Å². The third-order valence-corrected chi connectivity index (χ3v) is 4.42. The maximum Gasteiger partial charge on any atom is 0.261 e. The van der Waals surface area contributed by atoms with Gasteiger partial charge in [-0.2, -0.15) is 0 Å². The molecule has 0 atom stereocenters. The number of carbonyl (C=O) groups excluding carboxylic acids is 2. The van der Waals surface area contributed by atoms with Crippen molar-refractivity contribution in [1.82, 2.24) is 5.32 Å². The molecule has 2 aromatic rings. The maximum absolute atomic E-state index is 12.0. The van der Waals surface area contributed by atoms with Crippen LogP contribution in [0, 0.1) is 5.92 Å². The lowest BCUT2D eigenvalue weighted by atomic mass is 10.3. The molecule has 1 aliphatic rings. The number of rotatable bonds is 7. The molecule has 1 aromatic heterocycles. The number of ether oxygens (including phenoxy) is 1. The lowest BCUT2D eigenvalue weighted by Crippen LogP contribution is -2.27. The molecule has 5 nitrogen and oxygen atoms in total. The van der Waals surface area contributed by atoms with E-state index in [9.17, 15) is 9.59 Å². The van der Waals surface area contributed by atoms with Gasteiger partial charge in [0.05, 0.1) is 16.4 Å². The first-order valence-corrected chi connectivity index (χ1v) is 8.41. The fourth-order valence-electron chi connectivity index (χ4n) is 2.03. The Morgan fingerprint density at radius 1 is 1.13 bits per heavy atom. The molecule has 0 aliphatic heterocycles. The van der Waals surface area contributed by atoms with E-state index in [4.69, 9.17) is 4.74 Å². The minimum Gasteiger partial charge on any atom is -0.492 e. The highest BCUT2D eigenvalue weighted by Gasteiger charge is 2.29. The van der Waals surface area contributed by atoms with E-state index in [1.165, 1.54) is 11.3 Å². The summed E-state index contributed by atoms with van der Waals surface area (Å²) in [7, 11) is 0. The van der Waals surface area contributed by atoms with Gasteiger partial charge in [-0.15, -0.1) is 11.3 Å².